The van der Waals surface area contributed by atoms with Gasteiger partial charge in [-0.2, -0.15) is 0 Å². The lowest BCUT2D eigenvalue weighted by Gasteiger charge is -2.21. The summed E-state index contributed by atoms with van der Waals surface area (Å²) in [5.74, 6) is -0.654. The normalized spacial score (nSPS) is 16.0. The number of carbonyl (C=O) groups is 1. The molecule has 1 aliphatic heterocycles. The van der Waals surface area contributed by atoms with Crippen LogP contribution in [0.3, 0.4) is 0 Å². The second-order valence-electron chi connectivity index (χ2n) is 6.77. The van der Waals surface area contributed by atoms with Crippen molar-refractivity contribution < 1.29 is 13.6 Å². The predicted octanol–water partition coefficient (Wildman–Crippen LogP) is 2.76. The van der Waals surface area contributed by atoms with Gasteiger partial charge in [0.2, 0.25) is 0 Å². The van der Waals surface area contributed by atoms with Crippen LogP contribution >= 0.6 is 24.0 Å². The third kappa shape index (κ3) is 6.28. The Balaban J connectivity index is 0.00000320. The van der Waals surface area contributed by atoms with Crippen molar-refractivity contribution in [2.75, 3.05) is 38.1 Å². The standard InChI is InChI=1S/C21H25F2N5O.HI/c1-24-21(26-12-11-25-20(29)15-6-3-2-4-7-15)27-16-10-13-28(14-16)19-17(22)8-5-9-18(19)23;/h2-9,16H,10-14H2,1H3,(H,25,29)(H2,24,26,27);1H. The minimum atomic E-state index is -0.553. The Morgan fingerprint density at radius 2 is 1.73 bits per heavy atom. The molecule has 1 unspecified atom stereocenters. The fourth-order valence-electron chi connectivity index (χ4n) is 3.31. The number of hydrogen-bond donors (Lipinski definition) is 3. The van der Waals surface area contributed by atoms with Crippen LogP contribution in [0, 0.1) is 11.6 Å². The summed E-state index contributed by atoms with van der Waals surface area (Å²) in [7, 11) is 1.65. The number of amides is 1. The lowest BCUT2D eigenvalue weighted by atomic mass is 10.2. The number of benzene rings is 2. The molecule has 0 spiro atoms. The van der Waals surface area contributed by atoms with Gasteiger partial charge in [0.05, 0.1) is 0 Å². The fourth-order valence-corrected chi connectivity index (χ4v) is 3.31. The molecule has 1 aliphatic rings. The maximum atomic E-state index is 14.0. The number of nitrogens with one attached hydrogen (secondary N) is 3. The fraction of sp³-hybridized carbons (Fsp3) is 0.333. The molecule has 1 atom stereocenters. The largest absolute Gasteiger partial charge is 0.365 e. The predicted molar refractivity (Wildman–Crippen MR) is 126 cm³/mol. The molecule has 0 bridgehead atoms. The highest BCUT2D eigenvalue weighted by Gasteiger charge is 2.27. The molecule has 2 aromatic rings. The van der Waals surface area contributed by atoms with E-state index in [0.29, 0.717) is 37.7 Å². The SMILES string of the molecule is CN=C(NCCNC(=O)c1ccccc1)NC1CCN(c2c(F)cccc2F)C1.I. The topological polar surface area (TPSA) is 68.8 Å². The lowest BCUT2D eigenvalue weighted by molar-refractivity contribution is 0.0954. The van der Waals surface area contributed by atoms with Crippen molar-refractivity contribution in [2.45, 2.75) is 12.5 Å². The zero-order chi connectivity index (χ0) is 20.6. The first kappa shape index (κ1) is 23.8. The highest BCUT2D eigenvalue weighted by molar-refractivity contribution is 14.0. The average molecular weight is 529 g/mol. The Morgan fingerprint density at radius 3 is 2.40 bits per heavy atom. The van der Waals surface area contributed by atoms with Crippen LogP contribution in [-0.2, 0) is 0 Å². The van der Waals surface area contributed by atoms with Gasteiger partial charge in [-0.25, -0.2) is 8.78 Å². The van der Waals surface area contributed by atoms with Crippen LogP contribution in [0.1, 0.15) is 16.8 Å². The number of guanidine groups is 1. The summed E-state index contributed by atoms with van der Waals surface area (Å²) >= 11 is 0. The third-order valence-corrected chi connectivity index (χ3v) is 4.75. The molecule has 0 aromatic heterocycles. The number of rotatable bonds is 6. The first-order valence-corrected chi connectivity index (χ1v) is 9.58. The van der Waals surface area contributed by atoms with Gasteiger partial charge in [0, 0.05) is 44.8 Å². The highest BCUT2D eigenvalue weighted by atomic mass is 127. The Morgan fingerprint density at radius 1 is 1.07 bits per heavy atom. The number of para-hydroxylation sites is 1. The third-order valence-electron chi connectivity index (χ3n) is 4.75. The Labute approximate surface area is 192 Å². The molecule has 9 heteroatoms. The van der Waals surface area contributed by atoms with Crippen molar-refractivity contribution >= 4 is 41.5 Å². The first-order chi connectivity index (χ1) is 14.1. The van der Waals surface area contributed by atoms with Crippen LogP contribution in [0.25, 0.3) is 0 Å². The number of halogens is 3. The molecule has 1 fully saturated rings. The summed E-state index contributed by atoms with van der Waals surface area (Å²) in [6.07, 6.45) is 0.735. The first-order valence-electron chi connectivity index (χ1n) is 9.58. The molecule has 1 saturated heterocycles. The molecular formula is C21H26F2IN5O. The molecule has 2 aromatic carbocycles. The van der Waals surface area contributed by atoms with E-state index in [1.807, 2.05) is 18.2 Å². The van der Waals surface area contributed by atoms with Gasteiger partial charge in [0.25, 0.3) is 5.91 Å². The molecule has 1 amide bonds. The number of aliphatic imine (C=N–C) groups is 1. The second-order valence-corrected chi connectivity index (χ2v) is 6.77. The summed E-state index contributed by atoms with van der Waals surface area (Å²) in [4.78, 5) is 17.9. The molecule has 0 aliphatic carbocycles. The quantitative estimate of drug-likeness (QED) is 0.233. The summed E-state index contributed by atoms with van der Waals surface area (Å²) in [5, 5.41) is 9.24. The van der Waals surface area contributed by atoms with Gasteiger partial charge in [-0.1, -0.05) is 24.3 Å². The van der Waals surface area contributed by atoms with Gasteiger partial charge in [0.15, 0.2) is 5.96 Å². The average Bonchev–Trinajstić information content (AvgIpc) is 3.18. The van der Waals surface area contributed by atoms with Gasteiger partial charge in [-0.15, -0.1) is 24.0 Å². The van der Waals surface area contributed by atoms with E-state index in [9.17, 15) is 13.6 Å². The summed E-state index contributed by atoms with van der Waals surface area (Å²) in [5.41, 5.74) is 0.629. The van der Waals surface area contributed by atoms with E-state index >= 15 is 0 Å². The van der Waals surface area contributed by atoms with Crippen molar-refractivity contribution in [1.29, 1.82) is 0 Å². The van der Waals surface area contributed by atoms with E-state index in [0.717, 1.165) is 6.42 Å². The molecule has 0 saturated carbocycles. The van der Waals surface area contributed by atoms with E-state index in [2.05, 4.69) is 20.9 Å². The molecule has 30 heavy (non-hydrogen) atoms. The monoisotopic (exact) mass is 529 g/mol. The van der Waals surface area contributed by atoms with Gasteiger partial charge < -0.3 is 20.9 Å². The van der Waals surface area contributed by atoms with Crippen molar-refractivity contribution in [3.8, 4) is 0 Å². The van der Waals surface area contributed by atoms with Gasteiger partial charge in [-0.05, 0) is 30.7 Å². The Bertz CT molecular complexity index is 845. The smallest absolute Gasteiger partial charge is 0.251 e. The molecule has 1 heterocycles. The van der Waals surface area contributed by atoms with E-state index in [4.69, 9.17) is 0 Å². The summed E-state index contributed by atoms with van der Waals surface area (Å²) < 4.78 is 28.0. The molecule has 162 valence electrons. The number of anilines is 1. The molecule has 6 nitrogen and oxygen atoms in total. The van der Waals surface area contributed by atoms with E-state index < -0.39 is 11.6 Å². The van der Waals surface area contributed by atoms with Crippen LogP contribution in [0.5, 0.6) is 0 Å². The molecule has 3 N–H and O–H groups in total. The van der Waals surface area contributed by atoms with Gasteiger partial charge in [0.1, 0.15) is 17.3 Å². The lowest BCUT2D eigenvalue weighted by Crippen LogP contribution is -2.46. The van der Waals surface area contributed by atoms with Crippen LogP contribution in [0.4, 0.5) is 14.5 Å². The number of carbonyl (C=O) groups excluding carboxylic acids is 1. The van der Waals surface area contributed by atoms with Crippen molar-refractivity contribution in [3.05, 3.63) is 65.7 Å². The van der Waals surface area contributed by atoms with Crippen molar-refractivity contribution in [1.82, 2.24) is 16.0 Å². The van der Waals surface area contributed by atoms with Crippen LogP contribution in [0.15, 0.2) is 53.5 Å². The molecule has 0 radical (unpaired) electrons. The van der Waals surface area contributed by atoms with Crippen LogP contribution in [0.2, 0.25) is 0 Å². The second kappa shape index (κ2) is 11.7. The highest BCUT2D eigenvalue weighted by Crippen LogP contribution is 2.26. The maximum absolute atomic E-state index is 14.0. The minimum absolute atomic E-state index is 0. The van der Waals surface area contributed by atoms with Gasteiger partial charge >= 0.3 is 0 Å². The van der Waals surface area contributed by atoms with Crippen LogP contribution in [-0.4, -0.2) is 51.1 Å². The van der Waals surface area contributed by atoms with Gasteiger partial charge in [-0.3, -0.25) is 9.79 Å². The number of hydrogen-bond acceptors (Lipinski definition) is 3. The zero-order valence-corrected chi connectivity index (χ0v) is 19.0. The van der Waals surface area contributed by atoms with Crippen molar-refractivity contribution in [3.63, 3.8) is 0 Å². The van der Waals surface area contributed by atoms with E-state index in [1.54, 1.807) is 24.1 Å². The van der Waals surface area contributed by atoms with Crippen LogP contribution < -0.4 is 20.9 Å². The minimum Gasteiger partial charge on any atom is -0.365 e. The van der Waals surface area contributed by atoms with E-state index in [-0.39, 0.29) is 41.6 Å². The molecule has 3 rings (SSSR count). The molecular weight excluding hydrogens is 503 g/mol. The van der Waals surface area contributed by atoms with E-state index in [1.165, 1.54) is 18.2 Å². The van der Waals surface area contributed by atoms with Crippen molar-refractivity contribution in [2.24, 2.45) is 4.99 Å². The zero-order valence-electron chi connectivity index (χ0n) is 16.7. The Hall–Kier alpha value is -2.43. The Kier molecular flexibility index (Phi) is 9.28. The maximum Gasteiger partial charge on any atom is 0.251 e. The summed E-state index contributed by atoms with van der Waals surface area (Å²) in [6, 6.07) is 12.9. The summed E-state index contributed by atoms with van der Waals surface area (Å²) in [6.45, 7) is 1.96. The number of nitrogens with zero attached hydrogens (tertiary/aromatic N) is 2.